The number of hydrogen-bond acceptors (Lipinski definition) is 4. The molecule has 27 heavy (non-hydrogen) atoms. The molecule has 7 heteroatoms. The van der Waals surface area contributed by atoms with Crippen molar-refractivity contribution in [2.75, 3.05) is 16.0 Å². The monoisotopic (exact) mass is 366 g/mol. The van der Waals surface area contributed by atoms with Gasteiger partial charge in [0.15, 0.2) is 0 Å². The zero-order chi connectivity index (χ0) is 19.4. The molecule has 0 spiro atoms. The van der Waals surface area contributed by atoms with Gasteiger partial charge in [-0.1, -0.05) is 6.07 Å². The molecule has 2 aromatic carbocycles. The van der Waals surface area contributed by atoms with Gasteiger partial charge in [0, 0.05) is 28.5 Å². The molecule has 7 nitrogen and oxygen atoms in total. The van der Waals surface area contributed by atoms with Gasteiger partial charge in [-0.3, -0.25) is 14.4 Å². The van der Waals surface area contributed by atoms with Crippen LogP contribution in [0.2, 0.25) is 0 Å². The van der Waals surface area contributed by atoms with Gasteiger partial charge in [0.2, 0.25) is 17.7 Å². The Bertz CT molecular complexity index is 860. The molecule has 1 aliphatic rings. The number of primary amides is 1. The molecule has 0 bridgehead atoms. The molecule has 1 unspecified atom stereocenters. The molecular formula is C20H22N4O3. The average molecular weight is 366 g/mol. The van der Waals surface area contributed by atoms with E-state index in [4.69, 9.17) is 5.73 Å². The van der Waals surface area contributed by atoms with E-state index in [-0.39, 0.29) is 17.7 Å². The molecule has 1 fully saturated rings. The fourth-order valence-corrected chi connectivity index (χ4v) is 2.56. The van der Waals surface area contributed by atoms with E-state index in [1.165, 1.54) is 0 Å². The molecule has 0 aliphatic heterocycles. The highest BCUT2D eigenvalue weighted by Crippen LogP contribution is 2.30. The lowest BCUT2D eigenvalue weighted by Gasteiger charge is -2.16. The summed E-state index contributed by atoms with van der Waals surface area (Å²) in [4.78, 5) is 35.3. The predicted molar refractivity (Wildman–Crippen MR) is 104 cm³/mol. The second-order valence-electron chi connectivity index (χ2n) is 6.64. The smallest absolute Gasteiger partial charge is 0.248 e. The summed E-state index contributed by atoms with van der Waals surface area (Å²) in [5.74, 6) is -0.574. The molecule has 0 radical (unpaired) electrons. The number of carbonyl (C=O) groups excluding carboxylic acids is 3. The quantitative estimate of drug-likeness (QED) is 0.603. The Morgan fingerprint density at radius 2 is 1.63 bits per heavy atom. The summed E-state index contributed by atoms with van der Waals surface area (Å²) < 4.78 is 0. The Kier molecular flexibility index (Phi) is 5.40. The first-order valence-corrected chi connectivity index (χ1v) is 8.80. The number of rotatable bonds is 7. The van der Waals surface area contributed by atoms with Gasteiger partial charge < -0.3 is 21.7 Å². The molecule has 1 atom stereocenters. The topological polar surface area (TPSA) is 113 Å². The standard InChI is InChI=1S/C20H22N4O3/c1-12(19(26)23-15-9-7-13(8-10-15)18(21)25)22-16-3-2-4-17(11-16)24-20(27)14-5-6-14/h2-4,7-12,14,22H,5-6H2,1H3,(H2,21,25)(H,23,26)(H,24,27). The Morgan fingerprint density at radius 1 is 0.963 bits per heavy atom. The molecular weight excluding hydrogens is 344 g/mol. The lowest BCUT2D eigenvalue weighted by atomic mass is 10.2. The van der Waals surface area contributed by atoms with Gasteiger partial charge in [-0.25, -0.2) is 0 Å². The van der Waals surface area contributed by atoms with Crippen molar-refractivity contribution >= 4 is 34.8 Å². The van der Waals surface area contributed by atoms with Crippen molar-refractivity contribution in [3.05, 3.63) is 54.1 Å². The van der Waals surface area contributed by atoms with Gasteiger partial charge in [0.25, 0.3) is 0 Å². The van der Waals surface area contributed by atoms with Gasteiger partial charge >= 0.3 is 0 Å². The number of benzene rings is 2. The van der Waals surface area contributed by atoms with Crippen molar-refractivity contribution in [2.24, 2.45) is 11.7 Å². The zero-order valence-electron chi connectivity index (χ0n) is 15.0. The van der Waals surface area contributed by atoms with Crippen LogP contribution in [0, 0.1) is 5.92 Å². The van der Waals surface area contributed by atoms with Crippen LogP contribution in [0.5, 0.6) is 0 Å². The minimum atomic E-state index is -0.517. The summed E-state index contributed by atoms with van der Waals surface area (Å²) >= 11 is 0. The Balaban J connectivity index is 1.57. The van der Waals surface area contributed by atoms with Gasteiger partial charge in [-0.15, -0.1) is 0 Å². The van der Waals surface area contributed by atoms with E-state index in [1.54, 1.807) is 37.3 Å². The van der Waals surface area contributed by atoms with Crippen LogP contribution in [0.3, 0.4) is 0 Å². The molecule has 3 rings (SSSR count). The molecule has 0 heterocycles. The fraction of sp³-hybridized carbons (Fsp3) is 0.250. The first-order chi connectivity index (χ1) is 12.9. The summed E-state index contributed by atoms with van der Waals surface area (Å²) in [7, 11) is 0. The van der Waals surface area contributed by atoms with E-state index in [2.05, 4.69) is 16.0 Å². The Morgan fingerprint density at radius 3 is 2.26 bits per heavy atom. The summed E-state index contributed by atoms with van der Waals surface area (Å²) in [5.41, 5.74) is 7.58. The summed E-state index contributed by atoms with van der Waals surface area (Å²) in [6, 6.07) is 13.1. The summed E-state index contributed by atoms with van der Waals surface area (Å²) in [5, 5.41) is 8.77. The SMILES string of the molecule is CC(Nc1cccc(NC(=O)C2CC2)c1)C(=O)Nc1ccc(C(N)=O)cc1. The number of nitrogens with two attached hydrogens (primary N) is 1. The van der Waals surface area contributed by atoms with E-state index in [1.807, 2.05) is 18.2 Å². The molecule has 2 aromatic rings. The first-order valence-electron chi connectivity index (χ1n) is 8.80. The zero-order valence-corrected chi connectivity index (χ0v) is 15.0. The molecule has 3 amide bonds. The predicted octanol–water partition coefficient (Wildman–Crippen LogP) is 2.57. The van der Waals surface area contributed by atoms with Gasteiger partial charge in [0.05, 0.1) is 0 Å². The van der Waals surface area contributed by atoms with Crippen LogP contribution in [-0.4, -0.2) is 23.8 Å². The third kappa shape index (κ3) is 5.07. The van der Waals surface area contributed by atoms with Crippen LogP contribution in [0.1, 0.15) is 30.1 Å². The maximum atomic E-state index is 12.4. The Hall–Kier alpha value is -3.35. The number of anilines is 3. The van der Waals surface area contributed by atoms with Crippen molar-refractivity contribution in [1.82, 2.24) is 0 Å². The maximum Gasteiger partial charge on any atom is 0.248 e. The highest BCUT2D eigenvalue weighted by molar-refractivity contribution is 5.98. The van der Waals surface area contributed by atoms with Gasteiger partial charge in [0.1, 0.15) is 6.04 Å². The van der Waals surface area contributed by atoms with Crippen LogP contribution in [0.25, 0.3) is 0 Å². The molecule has 140 valence electrons. The third-order valence-corrected chi connectivity index (χ3v) is 4.29. The van der Waals surface area contributed by atoms with Crippen LogP contribution < -0.4 is 21.7 Å². The van der Waals surface area contributed by atoms with Crippen LogP contribution >= 0.6 is 0 Å². The minimum absolute atomic E-state index is 0.0392. The van der Waals surface area contributed by atoms with Gasteiger partial charge in [-0.2, -0.15) is 0 Å². The van der Waals surface area contributed by atoms with E-state index < -0.39 is 11.9 Å². The summed E-state index contributed by atoms with van der Waals surface area (Å²) in [6.07, 6.45) is 1.89. The third-order valence-electron chi connectivity index (χ3n) is 4.29. The molecule has 1 aliphatic carbocycles. The van der Waals surface area contributed by atoms with Crippen molar-refractivity contribution in [2.45, 2.75) is 25.8 Å². The molecule has 5 N–H and O–H groups in total. The van der Waals surface area contributed by atoms with Crippen LogP contribution in [0.4, 0.5) is 17.1 Å². The molecule has 0 saturated heterocycles. The number of hydrogen-bond donors (Lipinski definition) is 4. The van der Waals surface area contributed by atoms with E-state index in [0.29, 0.717) is 16.9 Å². The summed E-state index contributed by atoms with van der Waals surface area (Å²) in [6.45, 7) is 1.74. The maximum absolute atomic E-state index is 12.4. The highest BCUT2D eigenvalue weighted by Gasteiger charge is 2.29. The van der Waals surface area contributed by atoms with Crippen molar-refractivity contribution in [3.8, 4) is 0 Å². The van der Waals surface area contributed by atoms with Crippen LogP contribution in [-0.2, 0) is 9.59 Å². The second-order valence-corrected chi connectivity index (χ2v) is 6.64. The lowest BCUT2D eigenvalue weighted by Crippen LogP contribution is -2.31. The second kappa shape index (κ2) is 7.90. The largest absolute Gasteiger partial charge is 0.374 e. The minimum Gasteiger partial charge on any atom is -0.374 e. The van der Waals surface area contributed by atoms with Crippen molar-refractivity contribution in [3.63, 3.8) is 0 Å². The lowest BCUT2D eigenvalue weighted by molar-refractivity contribution is -0.117. The first kappa shape index (κ1) is 18.4. The van der Waals surface area contributed by atoms with E-state index >= 15 is 0 Å². The number of nitrogens with one attached hydrogen (secondary N) is 3. The highest BCUT2D eigenvalue weighted by atomic mass is 16.2. The Labute approximate surface area is 157 Å². The molecule has 1 saturated carbocycles. The normalized spacial score (nSPS) is 14.1. The van der Waals surface area contributed by atoms with Crippen molar-refractivity contribution < 1.29 is 14.4 Å². The molecule has 0 aromatic heterocycles. The van der Waals surface area contributed by atoms with Crippen molar-refractivity contribution in [1.29, 1.82) is 0 Å². The van der Waals surface area contributed by atoms with E-state index in [0.717, 1.165) is 18.5 Å². The fourth-order valence-electron chi connectivity index (χ4n) is 2.56. The van der Waals surface area contributed by atoms with Crippen LogP contribution in [0.15, 0.2) is 48.5 Å². The number of amides is 3. The van der Waals surface area contributed by atoms with Gasteiger partial charge in [-0.05, 0) is 62.2 Å². The van der Waals surface area contributed by atoms with E-state index in [9.17, 15) is 14.4 Å². The number of carbonyl (C=O) groups is 3. The average Bonchev–Trinajstić information content (AvgIpc) is 3.47.